The summed E-state index contributed by atoms with van der Waals surface area (Å²) in [5, 5.41) is 2.82. The van der Waals surface area contributed by atoms with Crippen LogP contribution in [0.1, 0.15) is 32.3 Å². The van der Waals surface area contributed by atoms with Gasteiger partial charge in [0.1, 0.15) is 5.75 Å². The van der Waals surface area contributed by atoms with E-state index in [9.17, 15) is 4.79 Å². The van der Waals surface area contributed by atoms with Crippen molar-refractivity contribution in [1.29, 1.82) is 0 Å². The largest absolute Gasteiger partial charge is 0.493 e. The monoisotopic (exact) mass is 306 g/mol. The molecule has 1 aliphatic rings. The molecular weight excluding hydrogens is 280 g/mol. The van der Waals surface area contributed by atoms with Crippen LogP contribution in [0.5, 0.6) is 5.75 Å². The summed E-state index contributed by atoms with van der Waals surface area (Å²) in [6.07, 6.45) is 2.08. The standard InChI is InChI=1S/C17H26N2O3/c1-12-4-5-14(19-16(20)17(2,3)18)10-15(12)22-11-13-6-8-21-9-7-13/h4-5,10,13H,6-9,11,18H2,1-3H3,(H,19,20). The van der Waals surface area contributed by atoms with Crippen LogP contribution in [-0.2, 0) is 9.53 Å². The summed E-state index contributed by atoms with van der Waals surface area (Å²) in [5.41, 5.74) is 6.64. The van der Waals surface area contributed by atoms with Crippen LogP contribution in [0.2, 0.25) is 0 Å². The average Bonchev–Trinajstić information content (AvgIpc) is 2.48. The highest BCUT2D eigenvalue weighted by molar-refractivity contribution is 5.97. The van der Waals surface area contributed by atoms with Crippen molar-refractivity contribution >= 4 is 11.6 Å². The van der Waals surface area contributed by atoms with E-state index in [4.69, 9.17) is 15.2 Å². The first-order chi connectivity index (χ1) is 10.4. The molecule has 0 spiro atoms. The zero-order valence-electron chi connectivity index (χ0n) is 13.6. The molecule has 3 N–H and O–H groups in total. The molecule has 1 amide bonds. The van der Waals surface area contributed by atoms with Gasteiger partial charge in [-0.3, -0.25) is 4.79 Å². The van der Waals surface area contributed by atoms with Crippen molar-refractivity contribution in [2.24, 2.45) is 11.7 Å². The Morgan fingerprint density at radius 1 is 1.41 bits per heavy atom. The number of carbonyl (C=O) groups excluding carboxylic acids is 1. The molecule has 122 valence electrons. The molecule has 2 rings (SSSR count). The number of carbonyl (C=O) groups is 1. The number of hydrogen-bond donors (Lipinski definition) is 2. The van der Waals surface area contributed by atoms with Crippen molar-refractivity contribution in [2.45, 2.75) is 39.2 Å². The fraction of sp³-hybridized carbons (Fsp3) is 0.588. The van der Waals surface area contributed by atoms with Gasteiger partial charge in [0.05, 0.1) is 12.1 Å². The van der Waals surface area contributed by atoms with Crippen molar-refractivity contribution in [3.8, 4) is 5.75 Å². The molecule has 0 atom stereocenters. The SMILES string of the molecule is Cc1ccc(NC(=O)C(C)(C)N)cc1OCC1CCOCC1. The van der Waals surface area contributed by atoms with Crippen molar-refractivity contribution in [1.82, 2.24) is 0 Å². The third-order valence-electron chi connectivity index (χ3n) is 3.85. The molecule has 5 heteroatoms. The molecule has 1 heterocycles. The predicted molar refractivity (Wildman–Crippen MR) is 87.1 cm³/mol. The minimum Gasteiger partial charge on any atom is -0.493 e. The van der Waals surface area contributed by atoms with Gasteiger partial charge >= 0.3 is 0 Å². The summed E-state index contributed by atoms with van der Waals surface area (Å²) in [6, 6.07) is 5.66. The van der Waals surface area contributed by atoms with Gasteiger partial charge in [0.2, 0.25) is 5.91 Å². The van der Waals surface area contributed by atoms with E-state index in [1.54, 1.807) is 13.8 Å². The maximum Gasteiger partial charge on any atom is 0.243 e. The van der Waals surface area contributed by atoms with E-state index >= 15 is 0 Å². The Labute approximate surface area is 132 Å². The van der Waals surface area contributed by atoms with Crippen LogP contribution in [0.4, 0.5) is 5.69 Å². The lowest BCUT2D eigenvalue weighted by atomic mass is 10.0. The predicted octanol–water partition coefficient (Wildman–Crippen LogP) is 2.48. The molecule has 0 aliphatic carbocycles. The van der Waals surface area contributed by atoms with Crippen LogP contribution in [0, 0.1) is 12.8 Å². The van der Waals surface area contributed by atoms with Gasteiger partial charge in [0.15, 0.2) is 0 Å². The number of amides is 1. The van der Waals surface area contributed by atoms with Crippen molar-refractivity contribution in [3.05, 3.63) is 23.8 Å². The highest BCUT2D eigenvalue weighted by atomic mass is 16.5. The van der Waals surface area contributed by atoms with Gasteiger partial charge in [-0.2, -0.15) is 0 Å². The molecule has 0 bridgehead atoms. The number of ether oxygens (including phenoxy) is 2. The van der Waals surface area contributed by atoms with Gasteiger partial charge < -0.3 is 20.5 Å². The number of nitrogens with two attached hydrogens (primary N) is 1. The van der Waals surface area contributed by atoms with Gasteiger partial charge in [-0.15, -0.1) is 0 Å². The summed E-state index contributed by atoms with van der Waals surface area (Å²) in [4.78, 5) is 11.9. The molecule has 5 nitrogen and oxygen atoms in total. The lowest BCUT2D eigenvalue weighted by molar-refractivity contribution is -0.120. The summed E-state index contributed by atoms with van der Waals surface area (Å²) in [7, 11) is 0. The summed E-state index contributed by atoms with van der Waals surface area (Å²) < 4.78 is 11.3. The second-order valence-electron chi connectivity index (χ2n) is 6.52. The maximum atomic E-state index is 11.9. The molecule has 1 saturated heterocycles. The first kappa shape index (κ1) is 16.8. The molecule has 0 aromatic heterocycles. The first-order valence-corrected chi connectivity index (χ1v) is 7.78. The highest BCUT2D eigenvalue weighted by Crippen LogP contribution is 2.25. The molecule has 1 fully saturated rings. The van der Waals surface area contributed by atoms with E-state index < -0.39 is 5.54 Å². The van der Waals surface area contributed by atoms with Gasteiger partial charge in [-0.05, 0) is 51.2 Å². The van der Waals surface area contributed by atoms with Gasteiger partial charge in [0.25, 0.3) is 0 Å². The Hall–Kier alpha value is -1.59. The van der Waals surface area contributed by atoms with E-state index in [1.165, 1.54) is 0 Å². The molecular formula is C17H26N2O3. The Morgan fingerprint density at radius 3 is 2.73 bits per heavy atom. The van der Waals surface area contributed by atoms with Crippen LogP contribution in [0.25, 0.3) is 0 Å². The fourth-order valence-corrected chi connectivity index (χ4v) is 2.25. The topological polar surface area (TPSA) is 73.6 Å². The minimum atomic E-state index is -0.909. The first-order valence-electron chi connectivity index (χ1n) is 7.78. The molecule has 0 radical (unpaired) electrons. The molecule has 1 aliphatic heterocycles. The van der Waals surface area contributed by atoms with Crippen LogP contribution >= 0.6 is 0 Å². The molecule has 1 aromatic carbocycles. The number of benzene rings is 1. The van der Waals surface area contributed by atoms with Gasteiger partial charge in [-0.25, -0.2) is 0 Å². The maximum absolute atomic E-state index is 11.9. The van der Waals surface area contributed by atoms with E-state index in [1.807, 2.05) is 25.1 Å². The second-order valence-corrected chi connectivity index (χ2v) is 6.52. The van der Waals surface area contributed by atoms with Gasteiger partial charge in [-0.1, -0.05) is 6.07 Å². The van der Waals surface area contributed by atoms with Crippen molar-refractivity contribution in [3.63, 3.8) is 0 Å². The number of aryl methyl sites for hydroxylation is 1. The number of rotatable bonds is 5. The van der Waals surface area contributed by atoms with Crippen LogP contribution < -0.4 is 15.8 Å². The van der Waals surface area contributed by atoms with Crippen molar-refractivity contribution in [2.75, 3.05) is 25.1 Å². The fourth-order valence-electron chi connectivity index (χ4n) is 2.25. The summed E-state index contributed by atoms with van der Waals surface area (Å²) >= 11 is 0. The Kier molecular flexibility index (Phi) is 5.42. The summed E-state index contributed by atoms with van der Waals surface area (Å²) in [6.45, 7) is 7.67. The normalized spacial score (nSPS) is 16.4. The van der Waals surface area contributed by atoms with E-state index in [-0.39, 0.29) is 5.91 Å². The van der Waals surface area contributed by atoms with Gasteiger partial charge in [0, 0.05) is 25.0 Å². The number of hydrogen-bond acceptors (Lipinski definition) is 4. The number of nitrogens with one attached hydrogen (secondary N) is 1. The highest BCUT2D eigenvalue weighted by Gasteiger charge is 2.22. The third-order valence-corrected chi connectivity index (χ3v) is 3.85. The lowest BCUT2D eigenvalue weighted by Gasteiger charge is -2.23. The molecule has 0 saturated carbocycles. The smallest absolute Gasteiger partial charge is 0.243 e. The van der Waals surface area contributed by atoms with E-state index in [0.29, 0.717) is 18.2 Å². The van der Waals surface area contributed by atoms with Crippen LogP contribution in [0.3, 0.4) is 0 Å². The molecule has 22 heavy (non-hydrogen) atoms. The van der Waals surface area contributed by atoms with Crippen LogP contribution in [0.15, 0.2) is 18.2 Å². The van der Waals surface area contributed by atoms with E-state index in [2.05, 4.69) is 5.32 Å². The summed E-state index contributed by atoms with van der Waals surface area (Å²) in [5.74, 6) is 1.13. The third kappa shape index (κ3) is 4.71. The lowest BCUT2D eigenvalue weighted by Crippen LogP contribution is -2.45. The molecule has 0 unspecified atom stereocenters. The quantitative estimate of drug-likeness (QED) is 0.876. The van der Waals surface area contributed by atoms with Crippen molar-refractivity contribution < 1.29 is 14.3 Å². The zero-order chi connectivity index (χ0) is 16.2. The second kappa shape index (κ2) is 7.11. The van der Waals surface area contributed by atoms with Crippen LogP contribution in [-0.4, -0.2) is 31.3 Å². The Morgan fingerprint density at radius 2 is 2.09 bits per heavy atom. The van der Waals surface area contributed by atoms with E-state index in [0.717, 1.165) is 37.4 Å². The Balaban J connectivity index is 1.98. The zero-order valence-corrected chi connectivity index (χ0v) is 13.6. The Bertz CT molecular complexity index is 517. The average molecular weight is 306 g/mol. The molecule has 1 aromatic rings. The minimum absolute atomic E-state index is 0.216. The number of anilines is 1.